The standard InChI is InChI=1S/C19H19F2N3O/c1-13-12-24(19(25)23-16-3-2-7-22-11-16)8-6-15(13)9-14-4-5-17(20)18(21)10-14/h2-5,7,9-11,13H,6,8,12H2,1H3,(H,23,25). The van der Waals surface area contributed by atoms with Crippen molar-refractivity contribution in [3.8, 4) is 0 Å². The number of carbonyl (C=O) groups is 1. The molecule has 4 nitrogen and oxygen atoms in total. The van der Waals surface area contributed by atoms with Crippen LogP contribution in [0.4, 0.5) is 19.3 Å². The Morgan fingerprint density at radius 1 is 1.32 bits per heavy atom. The molecule has 0 aliphatic carbocycles. The molecule has 2 amide bonds. The summed E-state index contributed by atoms with van der Waals surface area (Å²) >= 11 is 0. The zero-order valence-corrected chi connectivity index (χ0v) is 13.9. The molecule has 0 radical (unpaired) electrons. The number of pyridine rings is 1. The number of carbonyl (C=O) groups excluding carboxylic acids is 1. The van der Waals surface area contributed by atoms with Gasteiger partial charge in [-0.05, 0) is 42.2 Å². The maximum Gasteiger partial charge on any atom is 0.321 e. The van der Waals surface area contributed by atoms with Crippen molar-refractivity contribution in [3.63, 3.8) is 0 Å². The van der Waals surface area contributed by atoms with Gasteiger partial charge in [-0.2, -0.15) is 0 Å². The second-order valence-electron chi connectivity index (χ2n) is 6.16. The van der Waals surface area contributed by atoms with Crippen LogP contribution in [0.2, 0.25) is 0 Å². The summed E-state index contributed by atoms with van der Waals surface area (Å²) in [6, 6.07) is 7.26. The second kappa shape index (κ2) is 7.42. The predicted octanol–water partition coefficient (Wildman–Crippen LogP) is 4.32. The zero-order valence-electron chi connectivity index (χ0n) is 13.9. The van der Waals surface area contributed by atoms with Gasteiger partial charge in [-0.15, -0.1) is 0 Å². The molecule has 1 fully saturated rings. The molecule has 0 bridgehead atoms. The molecule has 0 saturated carbocycles. The lowest BCUT2D eigenvalue weighted by atomic mass is 9.91. The largest absolute Gasteiger partial charge is 0.324 e. The number of aromatic nitrogens is 1. The SMILES string of the molecule is CC1CN(C(=O)Nc2cccnc2)CCC1=Cc1ccc(F)c(F)c1. The molecule has 2 heterocycles. The van der Waals surface area contributed by atoms with E-state index in [0.717, 1.165) is 11.6 Å². The molecule has 2 aromatic rings. The van der Waals surface area contributed by atoms with Gasteiger partial charge in [0.15, 0.2) is 11.6 Å². The Hall–Kier alpha value is -2.76. The Morgan fingerprint density at radius 3 is 2.84 bits per heavy atom. The Labute approximate surface area is 145 Å². The molecule has 1 aromatic heterocycles. The molecule has 1 atom stereocenters. The smallest absolute Gasteiger partial charge is 0.321 e. The number of nitrogens with zero attached hydrogens (tertiary/aromatic N) is 2. The number of nitrogens with one attached hydrogen (secondary N) is 1. The Morgan fingerprint density at radius 2 is 2.16 bits per heavy atom. The first-order chi connectivity index (χ1) is 12.0. The highest BCUT2D eigenvalue weighted by Gasteiger charge is 2.24. The van der Waals surface area contributed by atoms with Gasteiger partial charge in [0.05, 0.1) is 11.9 Å². The fourth-order valence-electron chi connectivity index (χ4n) is 2.90. The number of piperidine rings is 1. The second-order valence-corrected chi connectivity index (χ2v) is 6.16. The van der Waals surface area contributed by atoms with Gasteiger partial charge in [-0.25, -0.2) is 13.6 Å². The number of likely N-dealkylation sites (tertiary alicyclic amines) is 1. The summed E-state index contributed by atoms with van der Waals surface area (Å²) in [6.45, 7) is 3.17. The molecule has 6 heteroatoms. The van der Waals surface area contributed by atoms with E-state index in [1.54, 1.807) is 35.5 Å². The van der Waals surface area contributed by atoms with Crippen molar-refractivity contribution in [2.75, 3.05) is 18.4 Å². The molecule has 130 valence electrons. The lowest BCUT2D eigenvalue weighted by Gasteiger charge is -2.33. The van der Waals surface area contributed by atoms with Gasteiger partial charge >= 0.3 is 6.03 Å². The van der Waals surface area contributed by atoms with Gasteiger partial charge < -0.3 is 10.2 Å². The van der Waals surface area contributed by atoms with Crippen LogP contribution in [-0.4, -0.2) is 29.0 Å². The van der Waals surface area contributed by atoms with Crippen molar-refractivity contribution < 1.29 is 13.6 Å². The highest BCUT2D eigenvalue weighted by atomic mass is 19.2. The molecule has 1 N–H and O–H groups in total. The van der Waals surface area contributed by atoms with Crippen LogP contribution in [0.3, 0.4) is 0 Å². The van der Waals surface area contributed by atoms with Crippen molar-refractivity contribution in [1.82, 2.24) is 9.88 Å². The lowest BCUT2D eigenvalue weighted by molar-refractivity contribution is 0.198. The normalized spacial score (nSPS) is 19.1. The monoisotopic (exact) mass is 343 g/mol. The van der Waals surface area contributed by atoms with E-state index in [-0.39, 0.29) is 11.9 Å². The van der Waals surface area contributed by atoms with Crippen molar-refractivity contribution in [1.29, 1.82) is 0 Å². The summed E-state index contributed by atoms with van der Waals surface area (Å²) in [5.74, 6) is -1.56. The maximum absolute atomic E-state index is 13.3. The van der Waals surface area contributed by atoms with Gasteiger partial charge in [0, 0.05) is 19.3 Å². The molecular weight excluding hydrogens is 324 g/mol. The molecule has 3 rings (SSSR count). The Bertz CT molecular complexity index is 793. The van der Waals surface area contributed by atoms with Gasteiger partial charge in [-0.1, -0.05) is 24.6 Å². The van der Waals surface area contributed by atoms with E-state index in [1.165, 1.54) is 6.07 Å². The van der Waals surface area contributed by atoms with Crippen molar-refractivity contribution >= 4 is 17.8 Å². The number of rotatable bonds is 2. The summed E-state index contributed by atoms with van der Waals surface area (Å²) in [5.41, 5.74) is 2.41. The van der Waals surface area contributed by atoms with Crippen LogP contribution in [0.1, 0.15) is 18.9 Å². The number of benzene rings is 1. The molecular formula is C19H19F2N3O. The number of halogens is 2. The van der Waals surface area contributed by atoms with Crippen LogP contribution in [0.5, 0.6) is 0 Å². The van der Waals surface area contributed by atoms with Crippen molar-refractivity contribution in [3.05, 3.63) is 65.5 Å². The summed E-state index contributed by atoms with van der Waals surface area (Å²) in [6.07, 6.45) is 5.82. The first kappa shape index (κ1) is 17.1. The van der Waals surface area contributed by atoms with Crippen LogP contribution >= 0.6 is 0 Å². The predicted molar refractivity (Wildman–Crippen MR) is 92.9 cm³/mol. The fraction of sp³-hybridized carbons (Fsp3) is 0.263. The van der Waals surface area contributed by atoms with E-state index in [9.17, 15) is 13.6 Å². The molecule has 1 unspecified atom stereocenters. The minimum absolute atomic E-state index is 0.140. The summed E-state index contributed by atoms with van der Waals surface area (Å²) in [7, 11) is 0. The van der Waals surface area contributed by atoms with Gasteiger partial charge in [0.1, 0.15) is 0 Å². The van der Waals surface area contributed by atoms with Crippen LogP contribution in [0, 0.1) is 17.6 Å². The molecule has 0 spiro atoms. The summed E-state index contributed by atoms with van der Waals surface area (Å²) in [5, 5.41) is 2.82. The lowest BCUT2D eigenvalue weighted by Crippen LogP contribution is -2.42. The Kier molecular flexibility index (Phi) is 5.07. The van der Waals surface area contributed by atoms with E-state index in [0.29, 0.717) is 30.8 Å². The minimum Gasteiger partial charge on any atom is -0.324 e. The Balaban J connectivity index is 1.64. The molecule has 1 aromatic carbocycles. The van der Waals surface area contributed by atoms with E-state index in [4.69, 9.17) is 0 Å². The average molecular weight is 343 g/mol. The number of urea groups is 1. The van der Waals surface area contributed by atoms with Crippen molar-refractivity contribution in [2.24, 2.45) is 5.92 Å². The quantitative estimate of drug-likeness (QED) is 0.883. The van der Waals surface area contributed by atoms with Crippen LogP contribution in [-0.2, 0) is 0 Å². The molecule has 1 saturated heterocycles. The number of hydrogen-bond donors (Lipinski definition) is 1. The topological polar surface area (TPSA) is 45.2 Å². The van der Waals surface area contributed by atoms with Crippen LogP contribution in [0.15, 0.2) is 48.3 Å². The van der Waals surface area contributed by atoms with E-state index in [1.807, 2.05) is 13.0 Å². The van der Waals surface area contributed by atoms with E-state index in [2.05, 4.69) is 10.3 Å². The highest BCUT2D eigenvalue weighted by molar-refractivity contribution is 5.89. The van der Waals surface area contributed by atoms with Gasteiger partial charge in [0.25, 0.3) is 0 Å². The van der Waals surface area contributed by atoms with Crippen LogP contribution in [0.25, 0.3) is 6.08 Å². The summed E-state index contributed by atoms with van der Waals surface area (Å²) < 4.78 is 26.4. The minimum atomic E-state index is -0.852. The number of anilines is 1. The van der Waals surface area contributed by atoms with Crippen LogP contribution < -0.4 is 5.32 Å². The summed E-state index contributed by atoms with van der Waals surface area (Å²) in [4.78, 5) is 18.1. The highest BCUT2D eigenvalue weighted by Crippen LogP contribution is 2.26. The third-order valence-electron chi connectivity index (χ3n) is 4.29. The third-order valence-corrected chi connectivity index (χ3v) is 4.29. The average Bonchev–Trinajstić information content (AvgIpc) is 2.60. The first-order valence-electron chi connectivity index (χ1n) is 8.14. The van der Waals surface area contributed by atoms with Gasteiger partial charge in [0.2, 0.25) is 0 Å². The van der Waals surface area contributed by atoms with E-state index < -0.39 is 11.6 Å². The fourth-order valence-corrected chi connectivity index (χ4v) is 2.90. The zero-order chi connectivity index (χ0) is 17.8. The van der Waals surface area contributed by atoms with Crippen molar-refractivity contribution in [2.45, 2.75) is 13.3 Å². The van der Waals surface area contributed by atoms with Gasteiger partial charge in [-0.3, -0.25) is 4.98 Å². The number of amides is 2. The van der Waals surface area contributed by atoms with E-state index >= 15 is 0 Å². The molecule has 1 aliphatic heterocycles. The number of hydrogen-bond acceptors (Lipinski definition) is 2. The maximum atomic E-state index is 13.3. The molecule has 25 heavy (non-hydrogen) atoms. The molecule has 1 aliphatic rings. The first-order valence-corrected chi connectivity index (χ1v) is 8.14. The third kappa shape index (κ3) is 4.21.